The SMILES string of the molecule is COc1ccc(NC(=O)c2ccccc2)c2c1C(=O)c1c(N)cccc1C2=O. The van der Waals surface area contributed by atoms with Crippen LogP contribution in [0.1, 0.15) is 42.2 Å². The van der Waals surface area contributed by atoms with Crippen LogP contribution in [0.15, 0.2) is 60.7 Å². The van der Waals surface area contributed by atoms with Gasteiger partial charge in [0.15, 0.2) is 11.6 Å². The Balaban J connectivity index is 1.88. The Morgan fingerprint density at radius 1 is 0.857 bits per heavy atom. The summed E-state index contributed by atoms with van der Waals surface area (Å²) >= 11 is 0. The molecule has 1 amide bonds. The fourth-order valence-electron chi connectivity index (χ4n) is 3.38. The van der Waals surface area contributed by atoms with Crippen molar-refractivity contribution >= 4 is 28.8 Å². The number of nitrogen functional groups attached to an aromatic ring is 1. The van der Waals surface area contributed by atoms with Crippen LogP contribution < -0.4 is 15.8 Å². The standard InChI is InChI=1S/C22H16N2O4/c1-28-16-11-10-15(24-22(27)12-6-3-2-4-7-12)18-19(16)21(26)17-13(20(18)25)8-5-9-14(17)23/h2-11H,23H2,1H3,(H,24,27). The summed E-state index contributed by atoms with van der Waals surface area (Å²) < 4.78 is 5.30. The van der Waals surface area contributed by atoms with Gasteiger partial charge in [-0.15, -0.1) is 0 Å². The van der Waals surface area contributed by atoms with E-state index in [1.807, 2.05) is 0 Å². The number of carbonyl (C=O) groups is 3. The van der Waals surface area contributed by atoms with Crippen molar-refractivity contribution in [3.8, 4) is 5.75 Å². The predicted molar refractivity (Wildman–Crippen MR) is 105 cm³/mol. The lowest BCUT2D eigenvalue weighted by atomic mass is 9.82. The van der Waals surface area contributed by atoms with Crippen LogP contribution in [0.5, 0.6) is 5.75 Å². The molecule has 3 N–H and O–H groups in total. The first-order valence-electron chi connectivity index (χ1n) is 8.58. The molecule has 0 heterocycles. The van der Waals surface area contributed by atoms with E-state index in [1.54, 1.807) is 60.7 Å². The number of methoxy groups -OCH3 is 1. The molecule has 0 aliphatic heterocycles. The maximum absolute atomic E-state index is 13.2. The number of carbonyl (C=O) groups excluding carboxylic acids is 3. The second-order valence-electron chi connectivity index (χ2n) is 6.31. The van der Waals surface area contributed by atoms with Crippen molar-refractivity contribution in [2.45, 2.75) is 0 Å². The highest BCUT2D eigenvalue weighted by atomic mass is 16.5. The second kappa shape index (κ2) is 6.66. The van der Waals surface area contributed by atoms with Gasteiger partial charge in [-0.25, -0.2) is 0 Å². The molecule has 0 spiro atoms. The molecule has 4 rings (SSSR count). The highest BCUT2D eigenvalue weighted by Crippen LogP contribution is 2.39. The Kier molecular flexibility index (Phi) is 4.16. The van der Waals surface area contributed by atoms with Crippen molar-refractivity contribution in [2.24, 2.45) is 0 Å². The molecule has 0 radical (unpaired) electrons. The molecule has 1 aliphatic rings. The maximum atomic E-state index is 13.2. The molecule has 138 valence electrons. The van der Waals surface area contributed by atoms with Crippen LogP contribution in [0, 0.1) is 0 Å². The van der Waals surface area contributed by atoms with Crippen molar-refractivity contribution in [1.29, 1.82) is 0 Å². The lowest BCUT2D eigenvalue weighted by Gasteiger charge is -2.23. The number of nitrogens with two attached hydrogens (primary N) is 1. The van der Waals surface area contributed by atoms with Gasteiger partial charge < -0.3 is 15.8 Å². The van der Waals surface area contributed by atoms with E-state index in [4.69, 9.17) is 10.5 Å². The maximum Gasteiger partial charge on any atom is 0.255 e. The first-order valence-corrected chi connectivity index (χ1v) is 8.58. The Morgan fingerprint density at radius 3 is 2.32 bits per heavy atom. The summed E-state index contributed by atoms with van der Waals surface area (Å²) in [7, 11) is 1.42. The molecular formula is C22H16N2O4. The van der Waals surface area contributed by atoms with Gasteiger partial charge in [0.1, 0.15) is 5.75 Å². The quantitative estimate of drug-likeness (QED) is 0.538. The summed E-state index contributed by atoms with van der Waals surface area (Å²) in [6, 6.07) is 16.5. The van der Waals surface area contributed by atoms with Crippen LogP contribution >= 0.6 is 0 Å². The Hall–Kier alpha value is -3.93. The van der Waals surface area contributed by atoms with E-state index in [0.717, 1.165) is 0 Å². The molecule has 28 heavy (non-hydrogen) atoms. The lowest BCUT2D eigenvalue weighted by Crippen LogP contribution is -2.25. The van der Waals surface area contributed by atoms with Gasteiger partial charge in [-0.05, 0) is 30.3 Å². The van der Waals surface area contributed by atoms with Gasteiger partial charge in [-0.1, -0.05) is 30.3 Å². The molecule has 0 fully saturated rings. The van der Waals surface area contributed by atoms with Crippen LogP contribution in [-0.2, 0) is 0 Å². The van der Waals surface area contributed by atoms with Crippen LogP contribution in [0.3, 0.4) is 0 Å². The summed E-state index contributed by atoms with van der Waals surface area (Å²) in [6.07, 6.45) is 0. The van der Waals surface area contributed by atoms with Crippen LogP contribution in [-0.4, -0.2) is 24.6 Å². The second-order valence-corrected chi connectivity index (χ2v) is 6.31. The highest BCUT2D eigenvalue weighted by Gasteiger charge is 2.36. The zero-order valence-corrected chi connectivity index (χ0v) is 15.0. The topological polar surface area (TPSA) is 98.5 Å². The van der Waals surface area contributed by atoms with Crippen LogP contribution in [0.25, 0.3) is 0 Å². The number of ether oxygens (including phenoxy) is 1. The molecule has 0 aromatic heterocycles. The number of rotatable bonds is 3. The molecule has 0 unspecified atom stereocenters. The fraction of sp³-hybridized carbons (Fsp3) is 0.0455. The minimum atomic E-state index is -0.407. The average Bonchev–Trinajstić information content (AvgIpc) is 2.72. The molecule has 0 saturated carbocycles. The van der Waals surface area contributed by atoms with Crippen molar-refractivity contribution in [3.63, 3.8) is 0 Å². The third kappa shape index (κ3) is 2.63. The normalized spacial score (nSPS) is 12.2. The van der Waals surface area contributed by atoms with E-state index in [-0.39, 0.29) is 51.1 Å². The predicted octanol–water partition coefficient (Wildman–Crippen LogP) is 3.31. The molecule has 3 aromatic rings. The molecule has 0 bridgehead atoms. The lowest BCUT2D eigenvalue weighted by molar-refractivity contribution is 0.0976. The van der Waals surface area contributed by atoms with Gasteiger partial charge in [-0.3, -0.25) is 14.4 Å². The molecule has 1 aliphatic carbocycles. The van der Waals surface area contributed by atoms with Gasteiger partial charge in [0.2, 0.25) is 0 Å². The number of ketones is 2. The van der Waals surface area contributed by atoms with E-state index in [9.17, 15) is 14.4 Å². The van der Waals surface area contributed by atoms with Crippen molar-refractivity contribution in [3.05, 3.63) is 88.5 Å². The Morgan fingerprint density at radius 2 is 1.61 bits per heavy atom. The van der Waals surface area contributed by atoms with Gasteiger partial charge in [-0.2, -0.15) is 0 Å². The largest absolute Gasteiger partial charge is 0.496 e. The molecule has 0 atom stereocenters. The zero-order valence-electron chi connectivity index (χ0n) is 15.0. The van der Waals surface area contributed by atoms with Crippen LogP contribution in [0.4, 0.5) is 11.4 Å². The summed E-state index contributed by atoms with van der Waals surface area (Å²) in [6.45, 7) is 0. The number of hydrogen-bond acceptors (Lipinski definition) is 5. The summed E-state index contributed by atoms with van der Waals surface area (Å²) in [5.41, 5.74) is 7.43. The zero-order chi connectivity index (χ0) is 19.8. The Labute approximate surface area is 160 Å². The molecule has 0 saturated heterocycles. The summed E-state index contributed by atoms with van der Waals surface area (Å²) in [5, 5.41) is 2.74. The first-order chi connectivity index (χ1) is 13.5. The van der Waals surface area contributed by atoms with Crippen molar-refractivity contribution in [2.75, 3.05) is 18.2 Å². The van der Waals surface area contributed by atoms with E-state index >= 15 is 0 Å². The number of nitrogens with one attached hydrogen (secondary N) is 1. The van der Waals surface area contributed by atoms with Crippen LogP contribution in [0.2, 0.25) is 0 Å². The highest BCUT2D eigenvalue weighted by molar-refractivity contribution is 6.33. The molecule has 6 heteroatoms. The number of amides is 1. The number of fused-ring (bicyclic) bond motifs is 2. The Bertz CT molecular complexity index is 1140. The van der Waals surface area contributed by atoms with E-state index < -0.39 is 5.78 Å². The third-order valence-corrected chi connectivity index (χ3v) is 4.69. The molecule has 6 nitrogen and oxygen atoms in total. The van der Waals surface area contributed by atoms with Gasteiger partial charge in [0.25, 0.3) is 5.91 Å². The minimum Gasteiger partial charge on any atom is -0.496 e. The average molecular weight is 372 g/mol. The minimum absolute atomic E-state index is 0.101. The fourth-order valence-corrected chi connectivity index (χ4v) is 3.38. The first kappa shape index (κ1) is 17.5. The van der Waals surface area contributed by atoms with Crippen molar-refractivity contribution in [1.82, 2.24) is 0 Å². The van der Waals surface area contributed by atoms with Gasteiger partial charge >= 0.3 is 0 Å². The van der Waals surface area contributed by atoms with Gasteiger partial charge in [0, 0.05) is 16.8 Å². The van der Waals surface area contributed by atoms with Crippen molar-refractivity contribution < 1.29 is 19.1 Å². The summed E-state index contributed by atoms with van der Waals surface area (Å²) in [4.78, 5) is 38.9. The number of benzene rings is 3. The van der Waals surface area contributed by atoms with E-state index in [2.05, 4.69) is 5.32 Å². The smallest absolute Gasteiger partial charge is 0.255 e. The monoisotopic (exact) mass is 372 g/mol. The number of hydrogen-bond donors (Lipinski definition) is 2. The van der Waals surface area contributed by atoms with E-state index in [1.165, 1.54) is 7.11 Å². The summed E-state index contributed by atoms with van der Waals surface area (Å²) in [5.74, 6) is -0.930. The third-order valence-electron chi connectivity index (χ3n) is 4.69. The molecular weight excluding hydrogens is 356 g/mol. The van der Waals surface area contributed by atoms with E-state index in [0.29, 0.717) is 5.56 Å². The molecule has 3 aromatic carbocycles. The van der Waals surface area contributed by atoms with Gasteiger partial charge in [0.05, 0.1) is 29.5 Å². The number of anilines is 2.